The molecule has 4 aromatic carbocycles. The molecule has 0 bridgehead atoms. The summed E-state index contributed by atoms with van der Waals surface area (Å²) >= 11 is 0. The van der Waals surface area contributed by atoms with Crippen LogP contribution in [-0.4, -0.2) is 16.8 Å². The maximum absolute atomic E-state index is 13.2. The maximum atomic E-state index is 13.2. The Bertz CT molecular complexity index is 1350. The zero-order chi connectivity index (χ0) is 21.5. The summed E-state index contributed by atoms with van der Waals surface area (Å²) in [6.07, 6.45) is 0. The standard InChI is InChI=1S/C22H14F2O4S2/c23-15-5-9-17(10-6-15)29(25,26)21-13-14-22(20-4-2-1-3-19(20)21)30(27,28)18-11-7-16(24)8-12-18/h1-14H. The average molecular weight is 444 g/mol. The Morgan fingerprint density at radius 1 is 0.467 bits per heavy atom. The fraction of sp³-hybridized carbons (Fsp3) is 0. The Labute approximate surface area is 172 Å². The number of fused-ring (bicyclic) bond motifs is 1. The predicted octanol–water partition coefficient (Wildman–Crippen LogP) is 4.78. The lowest BCUT2D eigenvalue weighted by molar-refractivity contribution is 0.592. The zero-order valence-electron chi connectivity index (χ0n) is 15.3. The summed E-state index contributed by atoms with van der Waals surface area (Å²) < 4.78 is 78.9. The molecule has 8 heteroatoms. The first-order valence-electron chi connectivity index (χ1n) is 8.74. The topological polar surface area (TPSA) is 68.3 Å². The molecule has 0 aliphatic rings. The largest absolute Gasteiger partial charge is 0.218 e. The summed E-state index contributed by atoms with van der Waals surface area (Å²) in [4.78, 5) is -0.406. The van der Waals surface area contributed by atoms with Crippen molar-refractivity contribution in [2.75, 3.05) is 0 Å². The lowest BCUT2D eigenvalue weighted by atomic mass is 10.1. The molecule has 0 aromatic heterocycles. The summed E-state index contributed by atoms with van der Waals surface area (Å²) in [5.41, 5.74) is 0. The highest BCUT2D eigenvalue weighted by Gasteiger charge is 2.26. The number of hydrogen-bond acceptors (Lipinski definition) is 4. The van der Waals surface area contributed by atoms with Crippen LogP contribution in [0.5, 0.6) is 0 Å². The van der Waals surface area contributed by atoms with Crippen molar-refractivity contribution in [2.24, 2.45) is 0 Å². The third kappa shape index (κ3) is 3.38. The van der Waals surface area contributed by atoms with E-state index in [9.17, 15) is 25.6 Å². The van der Waals surface area contributed by atoms with Crippen LogP contribution in [-0.2, 0) is 19.7 Å². The van der Waals surface area contributed by atoms with Gasteiger partial charge in [-0.2, -0.15) is 0 Å². The number of hydrogen-bond donors (Lipinski definition) is 0. The Hall–Kier alpha value is -3.10. The van der Waals surface area contributed by atoms with E-state index in [1.165, 1.54) is 24.3 Å². The molecular formula is C22H14F2O4S2. The summed E-state index contributed by atoms with van der Waals surface area (Å²) in [5, 5.41) is 0.426. The molecule has 0 spiro atoms. The van der Waals surface area contributed by atoms with E-state index in [-0.39, 0.29) is 30.4 Å². The lowest BCUT2D eigenvalue weighted by Crippen LogP contribution is -2.07. The van der Waals surface area contributed by atoms with Crippen molar-refractivity contribution < 1.29 is 25.6 Å². The van der Waals surface area contributed by atoms with Gasteiger partial charge in [0.25, 0.3) is 0 Å². The Balaban J connectivity index is 1.95. The minimum absolute atomic E-state index is 0.0947. The van der Waals surface area contributed by atoms with Crippen LogP contribution in [0.25, 0.3) is 10.8 Å². The lowest BCUT2D eigenvalue weighted by Gasteiger charge is -2.13. The molecule has 0 aliphatic heterocycles. The van der Waals surface area contributed by atoms with Gasteiger partial charge >= 0.3 is 0 Å². The van der Waals surface area contributed by atoms with Gasteiger partial charge < -0.3 is 0 Å². The van der Waals surface area contributed by atoms with E-state index in [0.717, 1.165) is 48.5 Å². The van der Waals surface area contributed by atoms with E-state index < -0.39 is 31.3 Å². The molecule has 0 amide bonds. The van der Waals surface area contributed by atoms with E-state index in [1.807, 2.05) is 0 Å². The molecular weight excluding hydrogens is 430 g/mol. The number of halogens is 2. The summed E-state index contributed by atoms with van der Waals surface area (Å²) in [6.45, 7) is 0. The predicted molar refractivity (Wildman–Crippen MR) is 108 cm³/mol. The molecule has 0 atom stereocenters. The third-order valence-electron chi connectivity index (χ3n) is 4.67. The van der Waals surface area contributed by atoms with Crippen molar-refractivity contribution in [2.45, 2.75) is 19.6 Å². The maximum Gasteiger partial charge on any atom is 0.207 e. The van der Waals surface area contributed by atoms with Gasteiger partial charge in [-0.3, -0.25) is 0 Å². The smallest absolute Gasteiger partial charge is 0.207 e. The van der Waals surface area contributed by atoms with Gasteiger partial charge in [-0.15, -0.1) is 0 Å². The van der Waals surface area contributed by atoms with Crippen molar-refractivity contribution in [3.63, 3.8) is 0 Å². The minimum Gasteiger partial charge on any atom is -0.218 e. The fourth-order valence-electron chi connectivity index (χ4n) is 3.19. The second-order valence-electron chi connectivity index (χ2n) is 6.52. The minimum atomic E-state index is -4.03. The molecule has 152 valence electrons. The van der Waals surface area contributed by atoms with Gasteiger partial charge in [0.05, 0.1) is 19.6 Å². The molecule has 0 aliphatic carbocycles. The monoisotopic (exact) mass is 444 g/mol. The molecule has 4 aromatic rings. The molecule has 0 saturated carbocycles. The molecule has 4 rings (SSSR count). The van der Waals surface area contributed by atoms with E-state index in [2.05, 4.69) is 0 Å². The Kier molecular flexibility index (Phi) is 4.91. The van der Waals surface area contributed by atoms with E-state index in [0.29, 0.717) is 0 Å². The second kappa shape index (κ2) is 7.30. The molecule has 0 unspecified atom stereocenters. The summed E-state index contributed by atoms with van der Waals surface area (Å²) in [5.74, 6) is -1.14. The molecule has 0 radical (unpaired) electrons. The molecule has 4 nitrogen and oxygen atoms in total. The highest BCUT2D eigenvalue weighted by atomic mass is 32.2. The first kappa shape index (κ1) is 20.2. The van der Waals surface area contributed by atoms with Crippen LogP contribution in [0.2, 0.25) is 0 Å². The van der Waals surface area contributed by atoms with Crippen molar-refractivity contribution in [1.29, 1.82) is 0 Å². The molecule has 0 heterocycles. The quantitative estimate of drug-likeness (QED) is 0.425. The van der Waals surface area contributed by atoms with Gasteiger partial charge in [0, 0.05) is 10.8 Å². The SMILES string of the molecule is O=S(=O)(c1ccc(F)cc1)c1ccc(S(=O)(=O)c2ccc(F)cc2)c2ccccc12. The number of rotatable bonds is 4. The highest BCUT2D eigenvalue weighted by molar-refractivity contribution is 7.92. The summed E-state index contributed by atoms with van der Waals surface area (Å²) in [7, 11) is -8.05. The Morgan fingerprint density at radius 3 is 1.13 bits per heavy atom. The number of sulfone groups is 2. The van der Waals surface area contributed by atoms with Gasteiger partial charge in [-0.1, -0.05) is 24.3 Å². The molecule has 0 N–H and O–H groups in total. The van der Waals surface area contributed by atoms with E-state index in [1.54, 1.807) is 12.1 Å². The van der Waals surface area contributed by atoms with Crippen molar-refractivity contribution in [1.82, 2.24) is 0 Å². The van der Waals surface area contributed by atoms with Gasteiger partial charge in [0.1, 0.15) is 11.6 Å². The van der Waals surface area contributed by atoms with Crippen molar-refractivity contribution >= 4 is 30.4 Å². The van der Waals surface area contributed by atoms with Crippen LogP contribution in [0.3, 0.4) is 0 Å². The molecule has 0 fully saturated rings. The molecule has 0 saturated heterocycles. The molecule has 30 heavy (non-hydrogen) atoms. The van der Waals surface area contributed by atoms with Gasteiger partial charge in [0.2, 0.25) is 19.7 Å². The third-order valence-corrected chi connectivity index (χ3v) is 8.33. The highest BCUT2D eigenvalue weighted by Crippen LogP contribution is 2.34. The Morgan fingerprint density at radius 2 is 0.800 bits per heavy atom. The zero-order valence-corrected chi connectivity index (χ0v) is 16.9. The van der Waals surface area contributed by atoms with Crippen LogP contribution in [0.1, 0.15) is 0 Å². The summed E-state index contributed by atoms with van der Waals surface area (Å²) in [6, 6.07) is 17.5. The van der Waals surface area contributed by atoms with E-state index in [4.69, 9.17) is 0 Å². The van der Waals surface area contributed by atoms with Crippen LogP contribution in [0.15, 0.2) is 105 Å². The van der Waals surface area contributed by atoms with Crippen molar-refractivity contribution in [3.05, 3.63) is 96.6 Å². The van der Waals surface area contributed by atoms with Crippen molar-refractivity contribution in [3.8, 4) is 0 Å². The number of benzene rings is 4. The van der Waals surface area contributed by atoms with Crippen LogP contribution in [0.4, 0.5) is 8.78 Å². The first-order chi connectivity index (χ1) is 14.2. The average Bonchev–Trinajstić information content (AvgIpc) is 2.73. The second-order valence-corrected chi connectivity index (χ2v) is 10.4. The van der Waals surface area contributed by atoms with Gasteiger partial charge in [0.15, 0.2) is 0 Å². The first-order valence-corrected chi connectivity index (χ1v) is 11.7. The normalized spacial score (nSPS) is 12.2. The van der Waals surface area contributed by atoms with Gasteiger partial charge in [-0.25, -0.2) is 25.6 Å². The van der Waals surface area contributed by atoms with Crippen LogP contribution >= 0.6 is 0 Å². The van der Waals surface area contributed by atoms with E-state index >= 15 is 0 Å². The van der Waals surface area contributed by atoms with Crippen LogP contribution in [0, 0.1) is 11.6 Å². The van der Waals surface area contributed by atoms with Gasteiger partial charge in [-0.05, 0) is 60.7 Å². The fourth-order valence-corrected chi connectivity index (χ4v) is 6.12. The van der Waals surface area contributed by atoms with Crippen LogP contribution < -0.4 is 0 Å².